The highest BCUT2D eigenvalue weighted by atomic mass is 19.4. The fourth-order valence-corrected chi connectivity index (χ4v) is 0.937. The van der Waals surface area contributed by atoms with E-state index < -0.39 is 11.9 Å². The molecule has 0 unspecified atom stereocenters. The summed E-state index contributed by atoms with van der Waals surface area (Å²) in [6, 6.07) is 1.29. The van der Waals surface area contributed by atoms with E-state index in [1.165, 1.54) is 6.07 Å². The molecule has 0 aromatic carbocycles. The minimum absolute atomic E-state index is 0.116. The molecule has 0 spiro atoms. The largest absolute Gasteiger partial charge is 0.459 e. The van der Waals surface area contributed by atoms with Gasteiger partial charge in [0.2, 0.25) is 5.76 Å². The highest BCUT2D eigenvalue weighted by Gasteiger charge is 2.36. The molecule has 0 atom stereocenters. The monoisotopic (exact) mass is 179 g/mol. The zero-order valence-corrected chi connectivity index (χ0v) is 6.19. The first-order valence-electron chi connectivity index (χ1n) is 3.39. The third-order valence-corrected chi connectivity index (χ3v) is 1.42. The Bertz CT molecular complexity index is 253. The lowest BCUT2D eigenvalue weighted by atomic mass is 10.2. The van der Waals surface area contributed by atoms with Crippen LogP contribution in [0.2, 0.25) is 0 Å². The first kappa shape index (κ1) is 9.12. The van der Waals surface area contributed by atoms with E-state index in [-0.39, 0.29) is 18.5 Å². The van der Waals surface area contributed by atoms with Crippen LogP contribution in [0.15, 0.2) is 16.7 Å². The summed E-state index contributed by atoms with van der Waals surface area (Å²) in [6.07, 6.45) is -3.20. The molecule has 1 aromatic rings. The van der Waals surface area contributed by atoms with Crippen LogP contribution in [-0.4, -0.2) is 6.54 Å². The van der Waals surface area contributed by atoms with E-state index in [2.05, 4.69) is 4.42 Å². The van der Waals surface area contributed by atoms with Gasteiger partial charge in [0, 0.05) is 5.56 Å². The Morgan fingerprint density at radius 1 is 1.42 bits per heavy atom. The standard InChI is InChI=1S/C7H8F3NO/c8-7(9,10)6-5(1-3-11)2-4-12-6/h2,4H,1,3,11H2. The van der Waals surface area contributed by atoms with Crippen molar-refractivity contribution in [2.75, 3.05) is 6.54 Å². The molecular weight excluding hydrogens is 171 g/mol. The number of hydrogen-bond acceptors (Lipinski definition) is 2. The molecule has 2 nitrogen and oxygen atoms in total. The smallest absolute Gasteiger partial charge is 0.449 e. The maximum absolute atomic E-state index is 12.1. The van der Waals surface area contributed by atoms with Crippen LogP contribution >= 0.6 is 0 Å². The van der Waals surface area contributed by atoms with Crippen LogP contribution in [0.4, 0.5) is 13.2 Å². The van der Waals surface area contributed by atoms with E-state index in [1.807, 2.05) is 0 Å². The van der Waals surface area contributed by atoms with E-state index in [1.54, 1.807) is 0 Å². The normalized spacial score (nSPS) is 12.0. The molecular formula is C7H8F3NO. The van der Waals surface area contributed by atoms with Crippen LogP contribution in [0.3, 0.4) is 0 Å². The number of rotatable bonds is 2. The van der Waals surface area contributed by atoms with Gasteiger partial charge in [-0.1, -0.05) is 0 Å². The third-order valence-electron chi connectivity index (χ3n) is 1.42. The van der Waals surface area contributed by atoms with Crippen molar-refractivity contribution in [2.45, 2.75) is 12.6 Å². The summed E-state index contributed by atoms with van der Waals surface area (Å²) in [4.78, 5) is 0. The lowest BCUT2D eigenvalue weighted by molar-refractivity contribution is -0.153. The lowest BCUT2D eigenvalue weighted by Crippen LogP contribution is -2.10. The minimum Gasteiger partial charge on any atom is -0.459 e. The van der Waals surface area contributed by atoms with Crippen molar-refractivity contribution in [3.05, 3.63) is 23.7 Å². The predicted molar refractivity (Wildman–Crippen MR) is 36.5 cm³/mol. The minimum atomic E-state index is -4.41. The van der Waals surface area contributed by atoms with Gasteiger partial charge in [-0.3, -0.25) is 0 Å². The molecule has 0 bridgehead atoms. The van der Waals surface area contributed by atoms with Gasteiger partial charge in [-0.2, -0.15) is 13.2 Å². The van der Waals surface area contributed by atoms with E-state index >= 15 is 0 Å². The quantitative estimate of drug-likeness (QED) is 0.751. The molecule has 1 rings (SSSR count). The van der Waals surface area contributed by atoms with Gasteiger partial charge in [0.1, 0.15) is 0 Å². The highest BCUT2D eigenvalue weighted by molar-refractivity contribution is 5.19. The van der Waals surface area contributed by atoms with E-state index in [4.69, 9.17) is 5.73 Å². The van der Waals surface area contributed by atoms with Crippen LogP contribution in [-0.2, 0) is 12.6 Å². The van der Waals surface area contributed by atoms with Crippen LogP contribution < -0.4 is 5.73 Å². The molecule has 0 saturated heterocycles. The molecule has 68 valence electrons. The number of halogens is 3. The summed E-state index contributed by atoms with van der Waals surface area (Å²) < 4.78 is 40.5. The van der Waals surface area contributed by atoms with Crippen LogP contribution in [0, 0.1) is 0 Å². The molecule has 0 amide bonds. The molecule has 0 saturated carbocycles. The average molecular weight is 179 g/mol. The van der Waals surface area contributed by atoms with E-state index in [0.29, 0.717) is 0 Å². The number of nitrogens with two attached hydrogens (primary N) is 1. The number of furan rings is 1. The molecule has 0 aliphatic carbocycles. The Labute approximate surface area is 67.2 Å². The Balaban J connectivity index is 2.91. The van der Waals surface area contributed by atoms with Gasteiger partial charge in [-0.05, 0) is 19.0 Å². The van der Waals surface area contributed by atoms with Gasteiger partial charge in [-0.25, -0.2) is 0 Å². The second-order valence-corrected chi connectivity index (χ2v) is 2.31. The average Bonchev–Trinajstić information content (AvgIpc) is 2.34. The topological polar surface area (TPSA) is 39.2 Å². The Kier molecular flexibility index (Phi) is 2.42. The van der Waals surface area contributed by atoms with Gasteiger partial charge in [-0.15, -0.1) is 0 Å². The molecule has 1 aromatic heterocycles. The van der Waals surface area contributed by atoms with Gasteiger partial charge in [0.05, 0.1) is 6.26 Å². The summed E-state index contributed by atoms with van der Waals surface area (Å²) >= 11 is 0. The summed E-state index contributed by atoms with van der Waals surface area (Å²) in [5.41, 5.74) is 5.24. The van der Waals surface area contributed by atoms with Gasteiger partial charge in [0.15, 0.2) is 0 Å². The van der Waals surface area contributed by atoms with Crippen molar-refractivity contribution in [3.8, 4) is 0 Å². The van der Waals surface area contributed by atoms with E-state index in [0.717, 1.165) is 6.26 Å². The Hall–Kier alpha value is -0.970. The summed E-state index contributed by atoms with van der Waals surface area (Å²) in [5, 5.41) is 0. The number of alkyl halides is 3. The second-order valence-electron chi connectivity index (χ2n) is 2.31. The molecule has 0 radical (unpaired) electrons. The Morgan fingerprint density at radius 2 is 2.08 bits per heavy atom. The van der Waals surface area contributed by atoms with Crippen LogP contribution in [0.25, 0.3) is 0 Å². The SMILES string of the molecule is NCCc1ccoc1C(F)(F)F. The van der Waals surface area contributed by atoms with Crippen molar-refractivity contribution in [3.63, 3.8) is 0 Å². The first-order chi connectivity index (χ1) is 5.55. The second kappa shape index (κ2) is 3.18. The molecule has 12 heavy (non-hydrogen) atoms. The predicted octanol–water partition coefficient (Wildman–Crippen LogP) is 1.80. The Morgan fingerprint density at radius 3 is 2.58 bits per heavy atom. The summed E-state index contributed by atoms with van der Waals surface area (Å²) in [6.45, 7) is 0.183. The highest BCUT2D eigenvalue weighted by Crippen LogP contribution is 2.32. The molecule has 1 heterocycles. The third kappa shape index (κ3) is 1.79. The van der Waals surface area contributed by atoms with Gasteiger partial charge < -0.3 is 10.2 Å². The van der Waals surface area contributed by atoms with Crippen molar-refractivity contribution >= 4 is 0 Å². The van der Waals surface area contributed by atoms with Crippen molar-refractivity contribution in [2.24, 2.45) is 5.73 Å². The maximum Gasteiger partial charge on any atom is 0.449 e. The van der Waals surface area contributed by atoms with Crippen molar-refractivity contribution < 1.29 is 17.6 Å². The lowest BCUT2D eigenvalue weighted by Gasteiger charge is -2.04. The molecule has 5 heteroatoms. The molecule has 0 aliphatic heterocycles. The van der Waals surface area contributed by atoms with Gasteiger partial charge >= 0.3 is 6.18 Å². The van der Waals surface area contributed by atoms with E-state index in [9.17, 15) is 13.2 Å². The molecule has 0 aliphatic rings. The fourth-order valence-electron chi connectivity index (χ4n) is 0.937. The molecule has 0 fully saturated rings. The summed E-state index contributed by atoms with van der Waals surface area (Å²) in [7, 11) is 0. The first-order valence-corrected chi connectivity index (χ1v) is 3.39. The molecule has 2 N–H and O–H groups in total. The number of hydrogen-bond donors (Lipinski definition) is 1. The zero-order chi connectivity index (χ0) is 9.19. The van der Waals surface area contributed by atoms with Gasteiger partial charge in [0.25, 0.3) is 0 Å². The van der Waals surface area contributed by atoms with Crippen LogP contribution in [0.1, 0.15) is 11.3 Å². The van der Waals surface area contributed by atoms with Crippen LogP contribution in [0.5, 0.6) is 0 Å². The zero-order valence-electron chi connectivity index (χ0n) is 6.19. The maximum atomic E-state index is 12.1. The van der Waals surface area contributed by atoms with Crippen molar-refractivity contribution in [1.82, 2.24) is 0 Å². The van der Waals surface area contributed by atoms with Crippen molar-refractivity contribution in [1.29, 1.82) is 0 Å². The summed E-state index contributed by atoms with van der Waals surface area (Å²) in [5.74, 6) is -0.937. The fraction of sp³-hybridized carbons (Fsp3) is 0.429.